The lowest BCUT2D eigenvalue weighted by molar-refractivity contribution is -0.0934. The third kappa shape index (κ3) is 15.3. The molecule has 24 nitrogen and oxygen atoms in total. The van der Waals surface area contributed by atoms with E-state index in [0.717, 1.165) is 16.7 Å². The van der Waals surface area contributed by atoms with Gasteiger partial charge in [-0.2, -0.15) is 4.98 Å². The van der Waals surface area contributed by atoms with E-state index in [0.29, 0.717) is 38.7 Å². The second kappa shape index (κ2) is 30.4. The highest BCUT2D eigenvalue weighted by Gasteiger charge is 2.53. The average Bonchev–Trinajstić information content (AvgIpc) is 1.74. The fourth-order valence-corrected chi connectivity index (χ4v) is 14.9. The number of imide groups is 1. The Hall–Kier alpha value is -10.4. The van der Waals surface area contributed by atoms with E-state index in [1.807, 2.05) is 170 Å². The molecule has 0 spiro atoms. The molecule has 1 aliphatic carbocycles. The van der Waals surface area contributed by atoms with Gasteiger partial charge in [-0.3, -0.25) is 23.7 Å². The third-order valence-electron chi connectivity index (χ3n) is 18.3. The molecule has 542 valence electrons. The van der Waals surface area contributed by atoms with Gasteiger partial charge in [0.1, 0.15) is 52.4 Å². The van der Waals surface area contributed by atoms with Crippen molar-refractivity contribution in [2.75, 3.05) is 44.3 Å². The number of benzene rings is 7. The molecule has 2 aliphatic rings. The fraction of sp³-hybridized carbons (Fsp3) is 0.295. The highest BCUT2D eigenvalue weighted by molar-refractivity contribution is 8.07. The minimum absolute atomic E-state index is 0.00474. The number of aromatic amines is 1. The molecule has 11 aromatic rings. The number of halogens is 1. The van der Waals surface area contributed by atoms with Gasteiger partial charge in [-0.05, 0) is 135 Å². The summed E-state index contributed by atoms with van der Waals surface area (Å²) in [5, 5.41) is 2.80. The van der Waals surface area contributed by atoms with Crippen LogP contribution in [0.5, 0.6) is 11.5 Å². The lowest BCUT2D eigenvalue weighted by atomic mass is 9.69. The van der Waals surface area contributed by atoms with Gasteiger partial charge in [-0.25, -0.2) is 33.9 Å². The van der Waals surface area contributed by atoms with Crippen LogP contribution in [0.25, 0.3) is 22.3 Å². The molecule has 2 fully saturated rings. The van der Waals surface area contributed by atoms with Crippen LogP contribution in [0, 0.1) is 11.8 Å². The van der Waals surface area contributed by atoms with Gasteiger partial charge in [0.25, 0.3) is 11.5 Å². The number of alkyl halides is 1. The first-order valence-corrected chi connectivity index (χ1v) is 36.6. The number of rotatable bonds is 24. The highest BCUT2D eigenvalue weighted by atomic mass is 32.5. The van der Waals surface area contributed by atoms with Crippen molar-refractivity contribution in [3.05, 3.63) is 268 Å². The predicted molar refractivity (Wildman–Crippen MR) is 393 cm³/mol. The summed E-state index contributed by atoms with van der Waals surface area (Å²) in [6.07, 6.45) is -4.96. The molecule has 3 N–H and O–H groups in total. The van der Waals surface area contributed by atoms with E-state index in [1.54, 1.807) is 90.7 Å². The van der Waals surface area contributed by atoms with Gasteiger partial charge in [0.05, 0.1) is 46.7 Å². The number of H-pyrrole nitrogens is 1. The number of hydrogen-bond acceptors (Lipinski definition) is 19. The third-order valence-corrected chi connectivity index (χ3v) is 19.9. The minimum atomic E-state index is -4.60. The summed E-state index contributed by atoms with van der Waals surface area (Å²) in [5.41, 5.74) is -0.823. The van der Waals surface area contributed by atoms with E-state index in [4.69, 9.17) is 59.0 Å². The molecule has 1 unspecified atom stereocenters. The van der Waals surface area contributed by atoms with E-state index < -0.39 is 108 Å². The predicted octanol–water partition coefficient (Wildman–Crippen LogP) is 14.0. The molecule has 1 saturated heterocycles. The fourth-order valence-electron chi connectivity index (χ4n) is 13.4. The number of fused-ring (bicyclic) bond motifs is 2. The molecular formula is C78H78FN10O14PS. The average molecular weight is 1460 g/mol. The van der Waals surface area contributed by atoms with E-state index in [9.17, 15) is 24.1 Å². The molecule has 3 amide bonds. The first-order chi connectivity index (χ1) is 50.5. The maximum atomic E-state index is 18.5. The Kier molecular flexibility index (Phi) is 21.1. The summed E-state index contributed by atoms with van der Waals surface area (Å²) < 4.78 is 78.7. The molecule has 7 aromatic carbocycles. The lowest BCUT2D eigenvalue weighted by Crippen LogP contribution is -2.46. The molecule has 105 heavy (non-hydrogen) atoms. The minimum Gasteiger partial charge on any atom is -0.497 e. The van der Waals surface area contributed by atoms with E-state index >= 15 is 4.39 Å². The molecule has 27 heteroatoms. The number of aromatic nitrogens is 8. The topological polar surface area (TPSA) is 277 Å². The van der Waals surface area contributed by atoms with Gasteiger partial charge in [0.15, 0.2) is 40.5 Å². The SMILES string of the molecule is COc1ccc(C(OC[C@H]2O[C@@H](n3cnc4c(NC(=O)c5ccccc5)ncnc43)[C@H](F)[C@@H]2OP(O)(=S)OC[C@H]2C[C@@H](n3cnc4c(=O)[nH]c(N(C(=O)OC(C)(C)C)C(=O)OC(C)(C)C)nc43)[C@@H]2COC(c2ccccc2)(c2ccccc2)c2ccccc2)(c2ccccc2)c2ccc(OC)cc2)cc1. The van der Waals surface area contributed by atoms with E-state index in [1.165, 1.54) is 23.5 Å². The van der Waals surface area contributed by atoms with Crippen molar-refractivity contribution in [3.8, 4) is 11.5 Å². The molecule has 8 atom stereocenters. The standard InChI is InChI=1S/C78H78FN10O14PS/c1-75(2,3)101-73(92)89(74(93)102-76(4,5)6)72-85-68-64(70(91)86-72)83-47-87(68)60-42-50(59(60)44-97-77(51-26-16-10-17-27-51,52-28-18-11-19-29-52)53-30-20-12-21-31-53)43-99-104(94,105)103-65-61(100-71(62(65)79)88-48-82-63-66(80-46-81-67(63)88)84-69(90)49-24-14-9-15-25-49)45-98-78(54-32-22-13-23-33-54,55-34-38-57(95-7)39-35-55)56-36-40-58(96-8)41-37-56/h9-41,46-48,50,59-62,65,71H,42-45H2,1-8H3,(H,94,105)(H,85,86,91)(H,80,81,84,90)/t50-,59-,60-,61-,62-,65-,71-,104?/m1/s1. The zero-order valence-electron chi connectivity index (χ0n) is 58.7. The van der Waals surface area contributed by atoms with Crippen LogP contribution < -0.4 is 25.2 Å². The Balaban J connectivity index is 0.868. The largest absolute Gasteiger partial charge is 0.497 e. The molecule has 1 saturated carbocycles. The van der Waals surface area contributed by atoms with Gasteiger partial charge in [-0.15, -0.1) is 4.90 Å². The van der Waals surface area contributed by atoms with Crippen LogP contribution in [0.4, 0.5) is 25.7 Å². The summed E-state index contributed by atoms with van der Waals surface area (Å²) in [5.74, 6) is -0.915. The summed E-state index contributed by atoms with van der Waals surface area (Å²) >= 11 is 5.99. The smallest absolute Gasteiger partial charge is 0.427 e. The second-order valence-electron chi connectivity index (χ2n) is 27.4. The maximum Gasteiger partial charge on any atom is 0.427 e. The molecule has 0 bridgehead atoms. The normalized spacial score (nSPS) is 18.9. The number of nitrogens with zero attached hydrogens (tertiary/aromatic N) is 8. The zero-order chi connectivity index (χ0) is 73.8. The molecule has 0 radical (unpaired) electrons. The Labute approximate surface area is 609 Å². The number of methoxy groups -OCH3 is 2. The van der Waals surface area contributed by atoms with E-state index in [2.05, 4.69) is 30.2 Å². The number of carbonyl (C=O) groups is 3. The van der Waals surface area contributed by atoms with Crippen LogP contribution in [0.2, 0.25) is 0 Å². The number of amides is 3. The molecule has 5 heterocycles. The number of carbonyl (C=O) groups excluding carboxylic acids is 3. The molecule has 13 rings (SSSR count). The van der Waals surface area contributed by atoms with Crippen molar-refractivity contribution in [1.29, 1.82) is 0 Å². The Bertz CT molecular complexity index is 4810. The van der Waals surface area contributed by atoms with Crippen LogP contribution in [-0.4, -0.2) is 126 Å². The van der Waals surface area contributed by atoms with Gasteiger partial charge in [0.2, 0.25) is 5.95 Å². The van der Waals surface area contributed by atoms with Crippen LogP contribution in [0.3, 0.4) is 0 Å². The summed E-state index contributed by atoms with van der Waals surface area (Å²) in [4.78, 5) is 94.3. The van der Waals surface area contributed by atoms with Crippen LogP contribution in [0.15, 0.2) is 224 Å². The molecule has 4 aromatic heterocycles. The summed E-state index contributed by atoms with van der Waals surface area (Å²) in [6.45, 7) is 4.39. The van der Waals surface area contributed by atoms with Crippen molar-refractivity contribution in [1.82, 2.24) is 39.0 Å². The van der Waals surface area contributed by atoms with Crippen molar-refractivity contribution < 1.29 is 65.9 Å². The summed E-state index contributed by atoms with van der Waals surface area (Å²) in [6, 6.07) is 61.3. The van der Waals surface area contributed by atoms with Crippen LogP contribution >= 0.6 is 6.72 Å². The van der Waals surface area contributed by atoms with Crippen LogP contribution in [0.1, 0.15) is 104 Å². The quantitative estimate of drug-likeness (QED) is 0.0374. The highest BCUT2D eigenvalue weighted by Crippen LogP contribution is 2.55. The van der Waals surface area contributed by atoms with E-state index in [-0.39, 0.29) is 47.8 Å². The van der Waals surface area contributed by atoms with Crippen molar-refractivity contribution in [2.24, 2.45) is 11.8 Å². The van der Waals surface area contributed by atoms with Crippen molar-refractivity contribution >= 4 is 70.7 Å². The van der Waals surface area contributed by atoms with Gasteiger partial charge in [0, 0.05) is 17.5 Å². The molecule has 1 aliphatic heterocycles. The maximum absolute atomic E-state index is 18.5. The number of ether oxygens (including phenoxy) is 7. The monoisotopic (exact) mass is 1460 g/mol. The van der Waals surface area contributed by atoms with Gasteiger partial charge in [-0.1, -0.05) is 164 Å². The second-order valence-corrected chi connectivity index (χ2v) is 30.1. The van der Waals surface area contributed by atoms with Crippen molar-refractivity contribution in [2.45, 2.75) is 101 Å². The lowest BCUT2D eigenvalue weighted by Gasteiger charge is -2.47. The zero-order valence-corrected chi connectivity index (χ0v) is 60.4. The number of hydrogen-bond donors (Lipinski definition) is 3. The Morgan fingerprint density at radius 2 is 1.09 bits per heavy atom. The van der Waals surface area contributed by atoms with Gasteiger partial charge < -0.3 is 52.5 Å². The van der Waals surface area contributed by atoms with Gasteiger partial charge >= 0.3 is 18.9 Å². The number of nitrogens with one attached hydrogen (secondary N) is 2. The van der Waals surface area contributed by atoms with Crippen LogP contribution in [-0.2, 0) is 55.7 Å². The Morgan fingerprint density at radius 1 is 0.619 bits per heavy atom. The number of anilines is 2. The summed E-state index contributed by atoms with van der Waals surface area (Å²) in [7, 11) is 3.13. The Morgan fingerprint density at radius 3 is 1.58 bits per heavy atom. The van der Waals surface area contributed by atoms with Crippen molar-refractivity contribution in [3.63, 3.8) is 0 Å². The molecular weight excluding hydrogens is 1380 g/mol. The number of imidazole rings is 2. The first-order valence-electron chi connectivity index (χ1n) is 34.0. The first kappa shape index (κ1) is 72.9.